The molecule has 1 aromatic heterocycles. The third kappa shape index (κ3) is 3.80. The van der Waals surface area contributed by atoms with Crippen molar-refractivity contribution in [2.75, 3.05) is 0 Å². The van der Waals surface area contributed by atoms with Gasteiger partial charge in [-0.2, -0.15) is 0 Å². The van der Waals surface area contributed by atoms with Crippen LogP contribution in [0.3, 0.4) is 0 Å². The van der Waals surface area contributed by atoms with Gasteiger partial charge in [0, 0.05) is 8.95 Å². The SMILES string of the molecule is O=C(Oc1csc(=S)n1-c1ccc(Br)cc1)c1ccc(Br)cc1. The predicted molar refractivity (Wildman–Crippen MR) is 101 cm³/mol. The van der Waals surface area contributed by atoms with Crippen LogP contribution >= 0.6 is 55.4 Å². The Balaban J connectivity index is 1.92. The Hall–Kier alpha value is -1.28. The Labute approximate surface area is 158 Å². The molecule has 0 saturated carbocycles. The summed E-state index contributed by atoms with van der Waals surface area (Å²) < 4.78 is 9.75. The molecule has 3 rings (SSSR count). The first-order valence-corrected chi connectivity index (χ1v) is 9.36. The quantitative estimate of drug-likeness (QED) is 0.346. The van der Waals surface area contributed by atoms with E-state index >= 15 is 0 Å². The molecule has 0 unspecified atom stereocenters. The largest absolute Gasteiger partial charge is 0.404 e. The molecule has 0 aliphatic heterocycles. The van der Waals surface area contributed by atoms with E-state index in [1.807, 2.05) is 24.3 Å². The van der Waals surface area contributed by atoms with Crippen LogP contribution in [0.4, 0.5) is 0 Å². The molecule has 3 nitrogen and oxygen atoms in total. The van der Waals surface area contributed by atoms with Gasteiger partial charge in [0.15, 0.2) is 3.95 Å². The van der Waals surface area contributed by atoms with E-state index in [1.165, 1.54) is 11.3 Å². The van der Waals surface area contributed by atoms with Crippen molar-refractivity contribution in [3.63, 3.8) is 0 Å². The Kier molecular flexibility index (Phi) is 5.11. The molecule has 7 heteroatoms. The van der Waals surface area contributed by atoms with Crippen LogP contribution in [0.1, 0.15) is 10.4 Å². The van der Waals surface area contributed by atoms with E-state index in [9.17, 15) is 4.79 Å². The molecule has 1 heterocycles. The molecule has 0 saturated heterocycles. The van der Waals surface area contributed by atoms with Crippen molar-refractivity contribution < 1.29 is 9.53 Å². The maximum atomic E-state index is 12.3. The van der Waals surface area contributed by atoms with Gasteiger partial charge in [0.2, 0.25) is 5.88 Å². The Bertz CT molecular complexity index is 899. The van der Waals surface area contributed by atoms with Crippen LogP contribution in [-0.4, -0.2) is 10.5 Å². The Morgan fingerprint density at radius 1 is 1.00 bits per heavy atom. The summed E-state index contributed by atoms with van der Waals surface area (Å²) in [7, 11) is 0. The first-order valence-electron chi connectivity index (χ1n) is 6.49. The molecule has 3 aromatic rings. The first-order chi connectivity index (χ1) is 11.0. The highest BCUT2D eigenvalue weighted by Gasteiger charge is 2.14. The molecule has 0 atom stereocenters. The molecule has 0 aliphatic carbocycles. The average Bonchev–Trinajstić information content (AvgIpc) is 2.89. The van der Waals surface area contributed by atoms with Gasteiger partial charge in [0.1, 0.15) is 0 Å². The van der Waals surface area contributed by atoms with E-state index in [4.69, 9.17) is 17.0 Å². The van der Waals surface area contributed by atoms with Crippen molar-refractivity contribution in [2.45, 2.75) is 0 Å². The van der Waals surface area contributed by atoms with Gasteiger partial charge in [-0.25, -0.2) is 4.79 Å². The number of aromatic nitrogens is 1. The molecule has 116 valence electrons. The lowest BCUT2D eigenvalue weighted by Gasteiger charge is -2.09. The van der Waals surface area contributed by atoms with Gasteiger partial charge in [-0.05, 0) is 60.7 Å². The highest BCUT2D eigenvalue weighted by molar-refractivity contribution is 9.10. The van der Waals surface area contributed by atoms with Crippen LogP contribution < -0.4 is 4.74 Å². The van der Waals surface area contributed by atoms with Gasteiger partial charge in [-0.1, -0.05) is 31.9 Å². The second-order valence-electron chi connectivity index (χ2n) is 4.55. The molecule has 0 radical (unpaired) electrons. The molecular weight excluding hydrogens is 462 g/mol. The Morgan fingerprint density at radius 3 is 2.17 bits per heavy atom. The molecule has 0 N–H and O–H groups in total. The lowest BCUT2D eigenvalue weighted by atomic mass is 10.2. The third-order valence-corrected chi connectivity index (χ3v) is 5.26. The standard InChI is InChI=1S/C16H9Br2NO2S2/c17-11-3-1-10(2-4-11)15(20)21-14-9-23-16(22)19(14)13-7-5-12(18)6-8-13/h1-9H. The molecule has 0 fully saturated rings. The van der Waals surface area contributed by atoms with Gasteiger partial charge in [0.05, 0.1) is 16.6 Å². The fraction of sp³-hybridized carbons (Fsp3) is 0. The van der Waals surface area contributed by atoms with E-state index < -0.39 is 5.97 Å². The number of rotatable bonds is 3. The van der Waals surface area contributed by atoms with Crippen molar-refractivity contribution in [3.05, 3.63) is 72.4 Å². The average molecular weight is 471 g/mol. The fourth-order valence-electron chi connectivity index (χ4n) is 1.93. The zero-order valence-corrected chi connectivity index (χ0v) is 16.3. The number of carbonyl (C=O) groups is 1. The minimum atomic E-state index is -0.420. The number of hydrogen-bond acceptors (Lipinski definition) is 4. The number of halogens is 2. The summed E-state index contributed by atoms with van der Waals surface area (Å²) in [6.45, 7) is 0. The van der Waals surface area contributed by atoms with Crippen molar-refractivity contribution in [1.82, 2.24) is 4.57 Å². The lowest BCUT2D eigenvalue weighted by molar-refractivity contribution is 0.0724. The number of benzene rings is 2. The Morgan fingerprint density at radius 2 is 1.57 bits per heavy atom. The minimum Gasteiger partial charge on any atom is -0.404 e. The smallest absolute Gasteiger partial charge is 0.344 e. The van der Waals surface area contributed by atoms with Crippen molar-refractivity contribution >= 4 is 61.4 Å². The molecule has 0 spiro atoms. The summed E-state index contributed by atoms with van der Waals surface area (Å²) in [6, 6.07) is 14.6. The van der Waals surface area contributed by atoms with Crippen LogP contribution in [0, 0.1) is 3.95 Å². The number of carbonyl (C=O) groups excluding carboxylic acids is 1. The maximum Gasteiger partial charge on any atom is 0.344 e. The van der Waals surface area contributed by atoms with E-state index in [0.29, 0.717) is 15.4 Å². The summed E-state index contributed by atoms with van der Waals surface area (Å²) in [5.41, 5.74) is 1.32. The molecule has 0 amide bonds. The predicted octanol–water partition coefficient (Wildman–Crippen LogP) is 6.01. The van der Waals surface area contributed by atoms with E-state index in [1.54, 1.807) is 34.2 Å². The summed E-state index contributed by atoms with van der Waals surface area (Å²) in [5, 5.41) is 1.74. The highest BCUT2D eigenvalue weighted by Crippen LogP contribution is 2.26. The molecular formula is C16H9Br2NO2S2. The number of ether oxygens (including phenoxy) is 1. The summed E-state index contributed by atoms with van der Waals surface area (Å²) in [4.78, 5) is 12.3. The molecule has 0 aliphatic rings. The van der Waals surface area contributed by atoms with E-state index in [0.717, 1.165) is 14.6 Å². The van der Waals surface area contributed by atoms with Crippen LogP contribution in [-0.2, 0) is 0 Å². The second-order valence-corrected chi connectivity index (χ2v) is 7.88. The van der Waals surface area contributed by atoms with Gasteiger partial charge in [0.25, 0.3) is 0 Å². The number of hydrogen-bond donors (Lipinski definition) is 0. The molecule has 0 bridgehead atoms. The van der Waals surface area contributed by atoms with E-state index in [-0.39, 0.29) is 0 Å². The number of nitrogens with zero attached hydrogens (tertiary/aromatic N) is 1. The van der Waals surface area contributed by atoms with Gasteiger partial charge >= 0.3 is 5.97 Å². The number of esters is 1. The van der Waals surface area contributed by atoms with Gasteiger partial charge < -0.3 is 4.74 Å². The summed E-state index contributed by atoms with van der Waals surface area (Å²) >= 11 is 13.4. The van der Waals surface area contributed by atoms with Crippen molar-refractivity contribution in [2.24, 2.45) is 0 Å². The van der Waals surface area contributed by atoms with Crippen molar-refractivity contribution in [1.29, 1.82) is 0 Å². The van der Waals surface area contributed by atoms with Gasteiger partial charge in [-0.15, -0.1) is 11.3 Å². The van der Waals surface area contributed by atoms with Gasteiger partial charge in [-0.3, -0.25) is 4.57 Å². The molecule has 2 aromatic carbocycles. The zero-order chi connectivity index (χ0) is 16.4. The van der Waals surface area contributed by atoms with E-state index in [2.05, 4.69) is 31.9 Å². The summed E-state index contributed by atoms with van der Waals surface area (Å²) in [6.07, 6.45) is 0. The molecule has 23 heavy (non-hydrogen) atoms. The lowest BCUT2D eigenvalue weighted by Crippen LogP contribution is -2.11. The van der Waals surface area contributed by atoms with Crippen LogP contribution in [0.25, 0.3) is 5.69 Å². The van der Waals surface area contributed by atoms with Crippen molar-refractivity contribution in [3.8, 4) is 11.6 Å². The normalized spacial score (nSPS) is 10.5. The maximum absolute atomic E-state index is 12.3. The van der Waals surface area contributed by atoms with Crippen LogP contribution in [0.5, 0.6) is 5.88 Å². The highest BCUT2D eigenvalue weighted by atomic mass is 79.9. The van der Waals surface area contributed by atoms with Crippen LogP contribution in [0.15, 0.2) is 62.9 Å². The number of thiazole rings is 1. The monoisotopic (exact) mass is 469 g/mol. The fourth-order valence-corrected chi connectivity index (χ4v) is 3.45. The van der Waals surface area contributed by atoms with Crippen LogP contribution in [0.2, 0.25) is 0 Å². The second kappa shape index (κ2) is 7.09. The summed E-state index contributed by atoms with van der Waals surface area (Å²) in [5.74, 6) is -0.00796. The zero-order valence-electron chi connectivity index (χ0n) is 11.5. The minimum absolute atomic E-state index is 0.412. The first kappa shape index (κ1) is 16.6. The third-order valence-electron chi connectivity index (χ3n) is 3.03. The topological polar surface area (TPSA) is 31.2 Å².